The summed E-state index contributed by atoms with van der Waals surface area (Å²) in [5.41, 5.74) is 0.793. The summed E-state index contributed by atoms with van der Waals surface area (Å²) in [6.45, 7) is 2.14. The zero-order valence-corrected chi connectivity index (χ0v) is 13.6. The van der Waals surface area contributed by atoms with Crippen molar-refractivity contribution in [1.29, 1.82) is 0 Å². The molecule has 0 saturated carbocycles. The summed E-state index contributed by atoms with van der Waals surface area (Å²) in [7, 11) is 0. The summed E-state index contributed by atoms with van der Waals surface area (Å²) >= 11 is 17.6. The first-order chi connectivity index (χ1) is 8.61. The number of benzene rings is 1. The maximum absolute atomic E-state index is 6.22. The van der Waals surface area contributed by atoms with Gasteiger partial charge < -0.3 is 5.32 Å². The fourth-order valence-corrected chi connectivity index (χ4v) is 3.90. The van der Waals surface area contributed by atoms with Crippen molar-refractivity contribution >= 4 is 56.2 Å². The molecule has 0 bridgehead atoms. The van der Waals surface area contributed by atoms with Crippen LogP contribution < -0.4 is 5.32 Å². The predicted molar refractivity (Wildman–Crippen MR) is 85.1 cm³/mol. The Labute approximate surface area is 129 Å². The highest BCUT2D eigenvalue weighted by molar-refractivity contribution is 9.10. The van der Waals surface area contributed by atoms with Gasteiger partial charge in [0.15, 0.2) is 0 Å². The van der Waals surface area contributed by atoms with Gasteiger partial charge >= 0.3 is 0 Å². The van der Waals surface area contributed by atoms with E-state index in [1.165, 1.54) is 4.88 Å². The number of hydrogen-bond acceptors (Lipinski definition) is 2. The average molecular weight is 365 g/mol. The molecule has 1 unspecified atom stereocenters. The van der Waals surface area contributed by atoms with Gasteiger partial charge in [-0.1, -0.05) is 52.1 Å². The first-order valence-corrected chi connectivity index (χ1v) is 7.99. The Kier molecular flexibility index (Phi) is 4.96. The lowest BCUT2D eigenvalue weighted by Crippen LogP contribution is -2.08. The molecule has 0 fully saturated rings. The van der Waals surface area contributed by atoms with Crippen molar-refractivity contribution in [2.75, 3.05) is 5.32 Å². The minimum absolute atomic E-state index is 0.237. The summed E-state index contributed by atoms with van der Waals surface area (Å²) in [5.74, 6) is 0. The van der Waals surface area contributed by atoms with Crippen LogP contribution in [0.15, 0.2) is 34.1 Å². The van der Waals surface area contributed by atoms with Crippen LogP contribution in [0.25, 0.3) is 0 Å². The second kappa shape index (κ2) is 6.29. The van der Waals surface area contributed by atoms with E-state index in [0.717, 1.165) is 16.6 Å². The van der Waals surface area contributed by atoms with Crippen molar-refractivity contribution in [3.8, 4) is 0 Å². The molecule has 0 amide bonds. The largest absolute Gasteiger partial charge is 0.375 e. The van der Waals surface area contributed by atoms with Gasteiger partial charge in [-0.15, -0.1) is 11.3 Å². The Morgan fingerprint density at radius 3 is 2.50 bits per heavy atom. The van der Waals surface area contributed by atoms with Gasteiger partial charge in [0.25, 0.3) is 0 Å². The van der Waals surface area contributed by atoms with Crippen LogP contribution in [0.4, 0.5) is 5.69 Å². The molecule has 2 aromatic rings. The van der Waals surface area contributed by atoms with Gasteiger partial charge in [-0.2, -0.15) is 0 Å². The van der Waals surface area contributed by atoms with E-state index >= 15 is 0 Å². The van der Waals surface area contributed by atoms with Gasteiger partial charge in [-0.25, -0.2) is 0 Å². The smallest absolute Gasteiger partial charge is 0.0724 e. The van der Waals surface area contributed by atoms with E-state index in [9.17, 15) is 0 Å². The minimum Gasteiger partial charge on any atom is -0.375 e. The molecule has 96 valence electrons. The lowest BCUT2D eigenvalue weighted by molar-refractivity contribution is 0.764. The van der Waals surface area contributed by atoms with E-state index in [1.807, 2.05) is 12.1 Å². The zero-order chi connectivity index (χ0) is 13.1. The van der Waals surface area contributed by atoms with Crippen molar-refractivity contribution < 1.29 is 0 Å². The van der Waals surface area contributed by atoms with E-state index in [4.69, 9.17) is 23.2 Å². The molecule has 18 heavy (non-hydrogen) atoms. The van der Waals surface area contributed by atoms with Crippen molar-refractivity contribution in [2.45, 2.75) is 19.4 Å². The van der Waals surface area contributed by atoms with Crippen LogP contribution in [0.5, 0.6) is 0 Å². The molecule has 1 aromatic carbocycles. The molecule has 1 aromatic heterocycles. The molecule has 0 aliphatic carbocycles. The van der Waals surface area contributed by atoms with Crippen molar-refractivity contribution in [3.05, 3.63) is 49.0 Å². The van der Waals surface area contributed by atoms with Crippen LogP contribution in [0.1, 0.15) is 24.3 Å². The standard InChI is InChI=1S/C13H12BrCl2NS/c1-2-11(12-4-3-5-18-12)17-13-9(15)6-8(14)7-10(13)16/h3-7,11,17H,2H2,1H3. The van der Waals surface area contributed by atoms with Gasteiger partial charge in [-0.3, -0.25) is 0 Å². The van der Waals surface area contributed by atoms with Crippen LogP contribution in [0, 0.1) is 0 Å². The Morgan fingerprint density at radius 2 is 2.00 bits per heavy atom. The van der Waals surface area contributed by atoms with Gasteiger partial charge in [0.1, 0.15) is 0 Å². The highest BCUT2D eigenvalue weighted by Gasteiger charge is 2.14. The molecule has 2 rings (SSSR count). The molecule has 1 atom stereocenters. The van der Waals surface area contributed by atoms with Crippen LogP contribution in [0.3, 0.4) is 0 Å². The summed E-state index contributed by atoms with van der Waals surface area (Å²) in [6.07, 6.45) is 0.975. The minimum atomic E-state index is 0.237. The van der Waals surface area contributed by atoms with Crippen molar-refractivity contribution in [2.24, 2.45) is 0 Å². The van der Waals surface area contributed by atoms with E-state index in [-0.39, 0.29) is 6.04 Å². The Morgan fingerprint density at radius 1 is 1.33 bits per heavy atom. The Balaban J connectivity index is 2.28. The predicted octanol–water partition coefficient (Wildman–Crippen LogP) is 6.38. The third kappa shape index (κ3) is 3.21. The van der Waals surface area contributed by atoms with Gasteiger partial charge in [0.2, 0.25) is 0 Å². The molecular formula is C13H12BrCl2NS. The summed E-state index contributed by atoms with van der Waals surface area (Å²) in [4.78, 5) is 1.28. The maximum atomic E-state index is 6.22. The highest BCUT2D eigenvalue weighted by atomic mass is 79.9. The summed E-state index contributed by atoms with van der Waals surface area (Å²) in [6, 6.07) is 8.09. The first kappa shape index (κ1) is 14.2. The number of halogens is 3. The van der Waals surface area contributed by atoms with Crippen LogP contribution >= 0.6 is 50.5 Å². The SMILES string of the molecule is CCC(Nc1c(Cl)cc(Br)cc1Cl)c1cccs1. The quantitative estimate of drug-likeness (QED) is 0.663. The van der Waals surface area contributed by atoms with E-state index in [0.29, 0.717) is 10.0 Å². The van der Waals surface area contributed by atoms with Crippen LogP contribution in [0.2, 0.25) is 10.0 Å². The Hall–Kier alpha value is -0.220. The molecule has 0 radical (unpaired) electrons. The fraction of sp³-hybridized carbons (Fsp3) is 0.231. The van der Waals surface area contributed by atoms with Crippen LogP contribution in [-0.2, 0) is 0 Å². The lowest BCUT2D eigenvalue weighted by atomic mass is 10.1. The van der Waals surface area contributed by atoms with Gasteiger partial charge in [0.05, 0.1) is 21.8 Å². The third-order valence-corrected chi connectivity index (χ3v) is 4.66. The fourth-order valence-electron chi connectivity index (χ4n) is 1.72. The van der Waals surface area contributed by atoms with Crippen LogP contribution in [-0.4, -0.2) is 0 Å². The second-order valence-electron chi connectivity index (χ2n) is 3.87. The topological polar surface area (TPSA) is 12.0 Å². The molecule has 0 spiro atoms. The molecule has 0 aliphatic heterocycles. The van der Waals surface area contributed by atoms with Gasteiger partial charge in [0, 0.05) is 9.35 Å². The van der Waals surface area contributed by atoms with Crippen molar-refractivity contribution in [3.63, 3.8) is 0 Å². The monoisotopic (exact) mass is 363 g/mol. The normalized spacial score (nSPS) is 12.4. The van der Waals surface area contributed by atoms with E-state index in [2.05, 4.69) is 45.7 Å². The van der Waals surface area contributed by atoms with E-state index in [1.54, 1.807) is 11.3 Å². The first-order valence-electron chi connectivity index (χ1n) is 5.56. The molecule has 1 heterocycles. The average Bonchev–Trinajstić information content (AvgIpc) is 2.81. The molecule has 5 heteroatoms. The summed E-state index contributed by atoms with van der Waals surface area (Å²) in [5, 5.41) is 6.75. The summed E-state index contributed by atoms with van der Waals surface area (Å²) < 4.78 is 0.882. The maximum Gasteiger partial charge on any atom is 0.0724 e. The van der Waals surface area contributed by atoms with Gasteiger partial charge in [-0.05, 0) is 30.0 Å². The number of anilines is 1. The molecule has 0 aliphatic rings. The number of thiophene rings is 1. The second-order valence-corrected chi connectivity index (χ2v) is 6.57. The third-order valence-electron chi connectivity index (χ3n) is 2.62. The lowest BCUT2D eigenvalue weighted by Gasteiger charge is -2.19. The molecular weight excluding hydrogens is 353 g/mol. The van der Waals surface area contributed by atoms with Crippen molar-refractivity contribution in [1.82, 2.24) is 0 Å². The molecule has 1 N–H and O–H groups in total. The number of hydrogen-bond donors (Lipinski definition) is 1. The van der Waals surface area contributed by atoms with E-state index < -0.39 is 0 Å². The molecule has 1 nitrogen and oxygen atoms in total. The number of nitrogens with one attached hydrogen (secondary N) is 1. The molecule has 0 saturated heterocycles. The zero-order valence-electron chi connectivity index (χ0n) is 9.71. The highest BCUT2D eigenvalue weighted by Crippen LogP contribution is 2.37. The Bertz CT molecular complexity index is 505. The number of rotatable bonds is 4.